The summed E-state index contributed by atoms with van der Waals surface area (Å²) >= 11 is 5.74. The SMILES string of the molecule is Fc1ccc(Nc2cc(CC3CC3)ncn2)cc1Cl. The van der Waals surface area contributed by atoms with E-state index in [0.717, 1.165) is 18.0 Å². The highest BCUT2D eigenvalue weighted by Gasteiger charge is 2.22. The van der Waals surface area contributed by atoms with Crippen molar-refractivity contribution in [3.63, 3.8) is 0 Å². The number of benzene rings is 1. The first-order chi connectivity index (χ1) is 9.20. The third kappa shape index (κ3) is 3.20. The first-order valence-electron chi connectivity index (χ1n) is 6.24. The van der Waals surface area contributed by atoms with Gasteiger partial charge in [-0.2, -0.15) is 0 Å². The van der Waals surface area contributed by atoms with Crippen molar-refractivity contribution in [1.29, 1.82) is 0 Å². The first-order valence-corrected chi connectivity index (χ1v) is 6.61. The lowest BCUT2D eigenvalue weighted by molar-refractivity contribution is 0.628. The average molecular weight is 278 g/mol. The number of hydrogen-bond donors (Lipinski definition) is 1. The van der Waals surface area contributed by atoms with Gasteiger partial charge in [0.25, 0.3) is 0 Å². The predicted octanol–water partition coefficient (Wildman–Crippen LogP) is 3.97. The molecule has 0 atom stereocenters. The van der Waals surface area contributed by atoms with E-state index in [1.807, 2.05) is 6.07 Å². The number of anilines is 2. The van der Waals surface area contributed by atoms with Gasteiger partial charge in [0.2, 0.25) is 0 Å². The molecular weight excluding hydrogens is 265 g/mol. The highest BCUT2D eigenvalue weighted by Crippen LogP contribution is 2.32. The lowest BCUT2D eigenvalue weighted by Gasteiger charge is -2.07. The van der Waals surface area contributed by atoms with Crippen molar-refractivity contribution in [2.24, 2.45) is 5.92 Å². The Morgan fingerprint density at radius 1 is 1.26 bits per heavy atom. The van der Waals surface area contributed by atoms with Gasteiger partial charge < -0.3 is 5.32 Å². The van der Waals surface area contributed by atoms with Crippen LogP contribution in [0.2, 0.25) is 5.02 Å². The molecule has 0 spiro atoms. The molecule has 1 heterocycles. The van der Waals surface area contributed by atoms with Gasteiger partial charge in [0.1, 0.15) is 18.0 Å². The predicted molar refractivity (Wildman–Crippen MR) is 73.2 cm³/mol. The van der Waals surface area contributed by atoms with Gasteiger partial charge in [-0.1, -0.05) is 11.6 Å². The van der Waals surface area contributed by atoms with Crippen LogP contribution < -0.4 is 5.32 Å². The molecular formula is C14H13ClFN3. The second-order valence-electron chi connectivity index (χ2n) is 4.80. The highest BCUT2D eigenvalue weighted by atomic mass is 35.5. The van der Waals surface area contributed by atoms with Gasteiger partial charge in [-0.15, -0.1) is 0 Å². The molecule has 0 amide bonds. The normalized spacial score (nSPS) is 14.4. The highest BCUT2D eigenvalue weighted by molar-refractivity contribution is 6.31. The zero-order valence-corrected chi connectivity index (χ0v) is 11.0. The summed E-state index contributed by atoms with van der Waals surface area (Å²) in [7, 11) is 0. The van der Waals surface area contributed by atoms with E-state index >= 15 is 0 Å². The molecule has 0 unspecified atom stereocenters. The summed E-state index contributed by atoms with van der Waals surface area (Å²) in [6.07, 6.45) is 5.13. The summed E-state index contributed by atoms with van der Waals surface area (Å²) in [6, 6.07) is 6.43. The fourth-order valence-corrected chi connectivity index (χ4v) is 2.10. The Bertz CT molecular complexity index is 599. The standard InChI is InChI=1S/C14H13ClFN3/c15-12-6-10(3-4-13(12)16)19-14-7-11(17-8-18-14)5-9-1-2-9/h3-4,6-9H,1-2,5H2,(H,17,18,19). The summed E-state index contributed by atoms with van der Waals surface area (Å²) in [5.74, 6) is 1.06. The van der Waals surface area contributed by atoms with Crippen LogP contribution in [0, 0.1) is 11.7 Å². The quantitative estimate of drug-likeness (QED) is 0.919. The van der Waals surface area contributed by atoms with E-state index in [9.17, 15) is 4.39 Å². The molecule has 19 heavy (non-hydrogen) atoms. The third-order valence-corrected chi connectivity index (χ3v) is 3.40. The van der Waals surface area contributed by atoms with Crippen LogP contribution in [0.15, 0.2) is 30.6 Å². The molecule has 0 radical (unpaired) electrons. The molecule has 1 aromatic carbocycles. The number of nitrogens with zero attached hydrogens (tertiary/aromatic N) is 2. The number of aromatic nitrogens is 2. The van der Waals surface area contributed by atoms with E-state index < -0.39 is 5.82 Å². The van der Waals surface area contributed by atoms with Gasteiger partial charge in [-0.25, -0.2) is 14.4 Å². The van der Waals surface area contributed by atoms with Crippen LogP contribution in [0.4, 0.5) is 15.9 Å². The smallest absolute Gasteiger partial charge is 0.141 e. The van der Waals surface area contributed by atoms with Gasteiger partial charge in [0, 0.05) is 17.4 Å². The van der Waals surface area contributed by atoms with Crippen molar-refractivity contribution in [1.82, 2.24) is 9.97 Å². The maximum absolute atomic E-state index is 13.1. The lowest BCUT2D eigenvalue weighted by Crippen LogP contribution is -1.98. The molecule has 98 valence electrons. The molecule has 1 aliphatic carbocycles. The van der Waals surface area contributed by atoms with Gasteiger partial charge in [0.15, 0.2) is 0 Å². The van der Waals surface area contributed by atoms with Crippen LogP contribution in [-0.4, -0.2) is 9.97 Å². The molecule has 1 aliphatic rings. The van der Waals surface area contributed by atoms with Crippen molar-refractivity contribution in [2.75, 3.05) is 5.32 Å². The number of rotatable bonds is 4. The zero-order chi connectivity index (χ0) is 13.2. The third-order valence-electron chi connectivity index (χ3n) is 3.11. The Hall–Kier alpha value is -1.68. The van der Waals surface area contributed by atoms with Crippen molar-refractivity contribution < 1.29 is 4.39 Å². The van der Waals surface area contributed by atoms with Gasteiger partial charge in [-0.05, 0) is 43.4 Å². The average Bonchev–Trinajstić information content (AvgIpc) is 3.18. The summed E-state index contributed by atoms with van der Waals surface area (Å²) in [5, 5.41) is 3.20. The van der Waals surface area contributed by atoms with Crippen LogP contribution in [-0.2, 0) is 6.42 Å². The Labute approximate surface area is 115 Å². The number of nitrogens with one attached hydrogen (secondary N) is 1. The minimum atomic E-state index is -0.427. The van der Waals surface area contributed by atoms with Crippen LogP contribution in [0.3, 0.4) is 0 Å². The molecule has 1 saturated carbocycles. The van der Waals surface area contributed by atoms with E-state index in [0.29, 0.717) is 11.5 Å². The summed E-state index contributed by atoms with van der Waals surface area (Å²) in [6.45, 7) is 0. The minimum absolute atomic E-state index is 0.0947. The van der Waals surface area contributed by atoms with Gasteiger partial charge >= 0.3 is 0 Å². The fraction of sp³-hybridized carbons (Fsp3) is 0.286. The van der Waals surface area contributed by atoms with E-state index in [1.165, 1.54) is 18.9 Å². The molecule has 3 nitrogen and oxygen atoms in total. The minimum Gasteiger partial charge on any atom is -0.340 e. The topological polar surface area (TPSA) is 37.8 Å². The molecule has 0 saturated heterocycles. The molecule has 0 aliphatic heterocycles. The largest absolute Gasteiger partial charge is 0.340 e. The van der Waals surface area contributed by atoms with Crippen LogP contribution in [0.25, 0.3) is 0 Å². The maximum Gasteiger partial charge on any atom is 0.141 e. The van der Waals surface area contributed by atoms with Gasteiger partial charge in [0.05, 0.1) is 5.02 Å². The van der Waals surface area contributed by atoms with Crippen molar-refractivity contribution >= 4 is 23.1 Å². The van der Waals surface area contributed by atoms with Crippen LogP contribution >= 0.6 is 11.6 Å². The Morgan fingerprint density at radius 3 is 2.84 bits per heavy atom. The molecule has 0 bridgehead atoms. The molecule has 1 fully saturated rings. The molecule has 1 aromatic heterocycles. The second kappa shape index (κ2) is 5.13. The zero-order valence-electron chi connectivity index (χ0n) is 10.2. The Morgan fingerprint density at radius 2 is 2.11 bits per heavy atom. The van der Waals surface area contributed by atoms with Gasteiger partial charge in [-0.3, -0.25) is 0 Å². The molecule has 3 rings (SSSR count). The van der Waals surface area contributed by atoms with E-state index in [-0.39, 0.29) is 5.02 Å². The van der Waals surface area contributed by atoms with E-state index in [4.69, 9.17) is 11.6 Å². The molecule has 1 N–H and O–H groups in total. The van der Waals surface area contributed by atoms with Crippen LogP contribution in [0.1, 0.15) is 18.5 Å². The van der Waals surface area contributed by atoms with Crippen molar-refractivity contribution in [3.05, 3.63) is 47.1 Å². The maximum atomic E-state index is 13.1. The molecule has 2 aromatic rings. The number of halogens is 2. The van der Waals surface area contributed by atoms with Crippen molar-refractivity contribution in [2.45, 2.75) is 19.3 Å². The Balaban J connectivity index is 1.75. The second-order valence-corrected chi connectivity index (χ2v) is 5.20. The summed E-state index contributed by atoms with van der Waals surface area (Å²) < 4.78 is 13.1. The number of hydrogen-bond acceptors (Lipinski definition) is 3. The summed E-state index contributed by atoms with van der Waals surface area (Å²) in [4.78, 5) is 8.41. The van der Waals surface area contributed by atoms with E-state index in [1.54, 1.807) is 18.5 Å². The fourth-order valence-electron chi connectivity index (χ4n) is 1.92. The summed E-state index contributed by atoms with van der Waals surface area (Å²) in [5.41, 5.74) is 1.75. The van der Waals surface area contributed by atoms with Crippen LogP contribution in [0.5, 0.6) is 0 Å². The van der Waals surface area contributed by atoms with Crippen molar-refractivity contribution in [3.8, 4) is 0 Å². The van der Waals surface area contributed by atoms with E-state index in [2.05, 4.69) is 15.3 Å². The molecule has 5 heteroatoms. The monoisotopic (exact) mass is 277 g/mol. The lowest BCUT2D eigenvalue weighted by atomic mass is 10.2. The first kappa shape index (κ1) is 12.4. The Kier molecular flexibility index (Phi) is 3.34.